The van der Waals surface area contributed by atoms with E-state index in [0.717, 1.165) is 42.7 Å². The lowest BCUT2D eigenvalue weighted by atomic mass is 10.0. The third-order valence-electron chi connectivity index (χ3n) is 4.12. The van der Waals surface area contributed by atoms with Crippen molar-refractivity contribution in [2.24, 2.45) is 0 Å². The smallest absolute Gasteiger partial charge is 0.319 e. The predicted molar refractivity (Wildman–Crippen MR) is 94.7 cm³/mol. The van der Waals surface area contributed by atoms with Crippen molar-refractivity contribution in [2.75, 3.05) is 25.0 Å². The van der Waals surface area contributed by atoms with Crippen LogP contribution in [-0.2, 0) is 4.79 Å². The number of hydrogen-bond donors (Lipinski definition) is 2. The Balaban J connectivity index is 1.61. The minimum Gasteiger partial charge on any atom is -0.341 e. The second-order valence-corrected chi connectivity index (χ2v) is 5.81. The molecule has 3 amide bonds. The standard InChI is InChI=1S/C19H21N3O2/c23-18(22-12-6-7-13-22)14-20-19(24)21-17-11-5-4-10-16(17)15-8-2-1-3-9-15/h1-5,8-11H,6-7,12-14H2,(H2,20,21,24). The number of likely N-dealkylation sites (tertiary alicyclic amines) is 1. The SMILES string of the molecule is O=C(NCC(=O)N1CCCC1)Nc1ccccc1-c1ccccc1. The van der Waals surface area contributed by atoms with Gasteiger partial charge in [-0.1, -0.05) is 48.5 Å². The molecular formula is C19H21N3O2. The van der Waals surface area contributed by atoms with E-state index >= 15 is 0 Å². The lowest BCUT2D eigenvalue weighted by Crippen LogP contribution is -2.40. The molecule has 3 rings (SSSR count). The highest BCUT2D eigenvalue weighted by Gasteiger charge is 2.18. The van der Waals surface area contributed by atoms with Crippen LogP contribution in [0.25, 0.3) is 11.1 Å². The summed E-state index contributed by atoms with van der Waals surface area (Å²) in [5.41, 5.74) is 2.69. The van der Waals surface area contributed by atoms with Crippen LogP contribution >= 0.6 is 0 Å². The van der Waals surface area contributed by atoms with Crippen molar-refractivity contribution in [3.63, 3.8) is 0 Å². The number of para-hydroxylation sites is 1. The fraction of sp³-hybridized carbons (Fsp3) is 0.263. The number of urea groups is 1. The van der Waals surface area contributed by atoms with Crippen LogP contribution in [0.4, 0.5) is 10.5 Å². The lowest BCUT2D eigenvalue weighted by Gasteiger charge is -2.16. The van der Waals surface area contributed by atoms with Crippen molar-refractivity contribution >= 4 is 17.6 Å². The van der Waals surface area contributed by atoms with Gasteiger partial charge < -0.3 is 15.5 Å². The fourth-order valence-corrected chi connectivity index (χ4v) is 2.86. The average molecular weight is 323 g/mol. The van der Waals surface area contributed by atoms with Crippen molar-refractivity contribution in [3.05, 3.63) is 54.6 Å². The van der Waals surface area contributed by atoms with Crippen molar-refractivity contribution < 1.29 is 9.59 Å². The molecule has 124 valence electrons. The quantitative estimate of drug-likeness (QED) is 0.908. The molecule has 1 heterocycles. The van der Waals surface area contributed by atoms with Crippen LogP contribution in [0.2, 0.25) is 0 Å². The molecule has 0 radical (unpaired) electrons. The average Bonchev–Trinajstić information content (AvgIpc) is 3.16. The maximum atomic E-state index is 12.1. The summed E-state index contributed by atoms with van der Waals surface area (Å²) >= 11 is 0. The second-order valence-electron chi connectivity index (χ2n) is 5.81. The highest BCUT2D eigenvalue weighted by Crippen LogP contribution is 2.27. The molecule has 1 aliphatic heterocycles. The molecule has 2 aromatic rings. The molecule has 0 bridgehead atoms. The van der Waals surface area contributed by atoms with E-state index in [0.29, 0.717) is 0 Å². The molecule has 0 unspecified atom stereocenters. The van der Waals surface area contributed by atoms with E-state index in [1.54, 1.807) is 4.90 Å². The molecule has 24 heavy (non-hydrogen) atoms. The van der Waals surface area contributed by atoms with Crippen LogP contribution in [-0.4, -0.2) is 36.5 Å². The van der Waals surface area contributed by atoms with Crippen LogP contribution in [0.15, 0.2) is 54.6 Å². The number of anilines is 1. The van der Waals surface area contributed by atoms with Crippen LogP contribution < -0.4 is 10.6 Å². The van der Waals surface area contributed by atoms with Crippen LogP contribution in [0.3, 0.4) is 0 Å². The van der Waals surface area contributed by atoms with Gasteiger partial charge in [-0.3, -0.25) is 4.79 Å². The Morgan fingerprint density at radius 2 is 1.58 bits per heavy atom. The number of benzene rings is 2. The monoisotopic (exact) mass is 323 g/mol. The van der Waals surface area contributed by atoms with Gasteiger partial charge >= 0.3 is 6.03 Å². The van der Waals surface area contributed by atoms with Gasteiger partial charge in [0, 0.05) is 18.7 Å². The van der Waals surface area contributed by atoms with Crippen molar-refractivity contribution in [3.8, 4) is 11.1 Å². The van der Waals surface area contributed by atoms with E-state index in [9.17, 15) is 9.59 Å². The van der Waals surface area contributed by atoms with Gasteiger partial charge in [0.15, 0.2) is 0 Å². The van der Waals surface area contributed by atoms with Gasteiger partial charge in [0.25, 0.3) is 0 Å². The van der Waals surface area contributed by atoms with E-state index < -0.39 is 0 Å². The van der Waals surface area contributed by atoms with Gasteiger partial charge in [0.1, 0.15) is 0 Å². The first-order valence-corrected chi connectivity index (χ1v) is 8.21. The first-order valence-electron chi connectivity index (χ1n) is 8.21. The normalized spacial score (nSPS) is 13.6. The van der Waals surface area contributed by atoms with E-state index in [2.05, 4.69) is 10.6 Å². The predicted octanol–water partition coefficient (Wildman–Crippen LogP) is 3.10. The number of carbonyl (C=O) groups excluding carboxylic acids is 2. The molecule has 2 aromatic carbocycles. The van der Waals surface area contributed by atoms with Gasteiger partial charge in [-0.25, -0.2) is 4.79 Å². The van der Waals surface area contributed by atoms with E-state index in [4.69, 9.17) is 0 Å². The Morgan fingerprint density at radius 3 is 2.33 bits per heavy atom. The Morgan fingerprint density at radius 1 is 0.917 bits per heavy atom. The Bertz CT molecular complexity index is 710. The zero-order chi connectivity index (χ0) is 16.8. The molecular weight excluding hydrogens is 302 g/mol. The molecule has 1 fully saturated rings. The summed E-state index contributed by atoms with van der Waals surface area (Å²) < 4.78 is 0. The Kier molecular flexibility index (Phi) is 5.11. The van der Waals surface area contributed by atoms with Gasteiger partial charge in [-0.15, -0.1) is 0 Å². The van der Waals surface area contributed by atoms with E-state index in [1.165, 1.54) is 0 Å². The highest BCUT2D eigenvalue weighted by molar-refractivity contribution is 5.96. The summed E-state index contributed by atoms with van der Waals surface area (Å²) in [7, 11) is 0. The zero-order valence-electron chi connectivity index (χ0n) is 13.5. The second kappa shape index (κ2) is 7.64. The Labute approximate surface area is 141 Å². The number of carbonyl (C=O) groups is 2. The van der Waals surface area contributed by atoms with E-state index in [-0.39, 0.29) is 18.5 Å². The molecule has 0 aliphatic carbocycles. The van der Waals surface area contributed by atoms with Gasteiger partial charge in [0.2, 0.25) is 5.91 Å². The molecule has 0 saturated carbocycles. The molecule has 0 aromatic heterocycles. The molecule has 0 atom stereocenters. The minimum absolute atomic E-state index is 0.0271. The summed E-state index contributed by atoms with van der Waals surface area (Å²) in [4.78, 5) is 25.9. The molecule has 1 saturated heterocycles. The first kappa shape index (κ1) is 16.1. The van der Waals surface area contributed by atoms with Crippen molar-refractivity contribution in [1.29, 1.82) is 0 Å². The lowest BCUT2D eigenvalue weighted by molar-refractivity contribution is -0.128. The van der Waals surface area contributed by atoms with Crippen molar-refractivity contribution in [1.82, 2.24) is 10.2 Å². The maximum absolute atomic E-state index is 12.1. The molecule has 1 aliphatic rings. The van der Waals surface area contributed by atoms with Gasteiger partial charge in [-0.05, 0) is 24.5 Å². The van der Waals surface area contributed by atoms with Crippen LogP contribution in [0.5, 0.6) is 0 Å². The molecule has 2 N–H and O–H groups in total. The Hall–Kier alpha value is -2.82. The third-order valence-corrected chi connectivity index (χ3v) is 4.12. The first-order chi connectivity index (χ1) is 11.7. The number of nitrogens with one attached hydrogen (secondary N) is 2. The largest absolute Gasteiger partial charge is 0.341 e. The summed E-state index contributed by atoms with van der Waals surface area (Å²) in [6, 6.07) is 17.1. The maximum Gasteiger partial charge on any atom is 0.319 e. The number of nitrogens with zero attached hydrogens (tertiary/aromatic N) is 1. The number of hydrogen-bond acceptors (Lipinski definition) is 2. The zero-order valence-corrected chi connectivity index (χ0v) is 13.5. The summed E-state index contributed by atoms with van der Waals surface area (Å²) in [6.07, 6.45) is 2.09. The summed E-state index contributed by atoms with van der Waals surface area (Å²) in [6.45, 7) is 1.61. The molecule has 0 spiro atoms. The van der Waals surface area contributed by atoms with Gasteiger partial charge in [-0.2, -0.15) is 0 Å². The van der Waals surface area contributed by atoms with Gasteiger partial charge in [0.05, 0.1) is 12.2 Å². The summed E-state index contributed by atoms with van der Waals surface area (Å²) in [5, 5.41) is 5.48. The number of amides is 3. The summed E-state index contributed by atoms with van der Waals surface area (Å²) in [5.74, 6) is -0.0287. The third kappa shape index (κ3) is 3.93. The van der Waals surface area contributed by atoms with Crippen LogP contribution in [0.1, 0.15) is 12.8 Å². The topological polar surface area (TPSA) is 61.4 Å². The minimum atomic E-state index is -0.370. The number of rotatable bonds is 4. The molecule has 5 nitrogen and oxygen atoms in total. The van der Waals surface area contributed by atoms with Crippen molar-refractivity contribution in [2.45, 2.75) is 12.8 Å². The van der Waals surface area contributed by atoms with Crippen LogP contribution in [0, 0.1) is 0 Å². The fourth-order valence-electron chi connectivity index (χ4n) is 2.86. The van der Waals surface area contributed by atoms with E-state index in [1.807, 2.05) is 54.6 Å². The highest BCUT2D eigenvalue weighted by atomic mass is 16.2. The molecule has 5 heteroatoms.